The zero-order chi connectivity index (χ0) is 15.7. The monoisotopic (exact) mass is 305 g/mol. The van der Waals surface area contributed by atoms with Gasteiger partial charge in [0.05, 0.1) is 4.92 Å². The summed E-state index contributed by atoms with van der Waals surface area (Å²) < 4.78 is 0. The largest absolute Gasteiger partial charge is 0.353 e. The van der Waals surface area contributed by atoms with E-state index < -0.39 is 0 Å². The molecule has 3 heterocycles. The zero-order valence-electron chi connectivity index (χ0n) is 13.2. The van der Waals surface area contributed by atoms with Crippen LogP contribution in [0.15, 0.2) is 12.1 Å². The number of piperazine rings is 1. The van der Waals surface area contributed by atoms with E-state index in [1.54, 1.807) is 19.1 Å². The fourth-order valence-corrected chi connectivity index (χ4v) is 3.23. The fraction of sp³-hybridized carbons (Fsp3) is 0.667. The van der Waals surface area contributed by atoms with Crippen molar-refractivity contribution in [2.75, 3.05) is 50.7 Å². The van der Waals surface area contributed by atoms with Crippen molar-refractivity contribution in [3.8, 4) is 0 Å². The minimum Gasteiger partial charge on any atom is -0.353 e. The minimum absolute atomic E-state index is 0.0940. The maximum Gasteiger partial charge on any atom is 0.290 e. The van der Waals surface area contributed by atoms with Gasteiger partial charge < -0.3 is 9.80 Å². The second-order valence-corrected chi connectivity index (χ2v) is 6.06. The number of hydrogen-bond donors (Lipinski definition) is 0. The molecule has 0 radical (unpaired) electrons. The molecule has 0 aliphatic carbocycles. The SMILES string of the molecule is CCN1CCN(C2CN(c3ccc([N+](=O)[O-])c(C)n3)C2)CC1. The molecular formula is C15H23N5O2. The number of rotatable bonds is 4. The van der Waals surface area contributed by atoms with Crippen LogP contribution < -0.4 is 4.90 Å². The molecule has 0 atom stereocenters. The number of aryl methyl sites for hydroxylation is 1. The molecule has 2 saturated heterocycles. The highest BCUT2D eigenvalue weighted by atomic mass is 16.6. The van der Waals surface area contributed by atoms with E-state index in [0.29, 0.717) is 11.7 Å². The summed E-state index contributed by atoms with van der Waals surface area (Å²) in [6, 6.07) is 3.91. The first-order valence-corrected chi connectivity index (χ1v) is 7.92. The van der Waals surface area contributed by atoms with Crippen molar-refractivity contribution in [3.05, 3.63) is 27.9 Å². The van der Waals surface area contributed by atoms with E-state index in [0.717, 1.165) is 51.6 Å². The van der Waals surface area contributed by atoms with Crippen LogP contribution in [-0.2, 0) is 0 Å². The number of anilines is 1. The van der Waals surface area contributed by atoms with Crippen molar-refractivity contribution < 1.29 is 4.92 Å². The zero-order valence-corrected chi connectivity index (χ0v) is 13.2. The van der Waals surface area contributed by atoms with Crippen LogP contribution in [0.3, 0.4) is 0 Å². The molecule has 2 aliphatic heterocycles. The molecule has 0 saturated carbocycles. The van der Waals surface area contributed by atoms with Crippen molar-refractivity contribution in [1.29, 1.82) is 0 Å². The highest BCUT2D eigenvalue weighted by molar-refractivity contribution is 5.49. The standard InChI is InChI=1S/C15H23N5O2/c1-3-17-6-8-18(9-7-17)13-10-19(11-13)15-5-4-14(20(21)22)12(2)16-15/h4-5,13H,3,6-11H2,1-2H3. The predicted octanol–water partition coefficient (Wildman–Crippen LogP) is 1.12. The second-order valence-electron chi connectivity index (χ2n) is 6.06. The van der Waals surface area contributed by atoms with Crippen LogP contribution in [0.1, 0.15) is 12.6 Å². The Hall–Kier alpha value is -1.73. The van der Waals surface area contributed by atoms with E-state index in [9.17, 15) is 10.1 Å². The van der Waals surface area contributed by atoms with Gasteiger partial charge in [0.25, 0.3) is 5.69 Å². The van der Waals surface area contributed by atoms with E-state index in [1.807, 2.05) is 0 Å². The molecule has 7 nitrogen and oxygen atoms in total. The first-order chi connectivity index (χ1) is 10.6. The van der Waals surface area contributed by atoms with Crippen LogP contribution >= 0.6 is 0 Å². The van der Waals surface area contributed by atoms with Gasteiger partial charge in [-0.3, -0.25) is 15.0 Å². The summed E-state index contributed by atoms with van der Waals surface area (Å²) in [6.45, 7) is 11.6. The number of pyridine rings is 1. The van der Waals surface area contributed by atoms with Crippen LogP contribution in [0.4, 0.5) is 11.5 Å². The maximum atomic E-state index is 10.8. The second kappa shape index (κ2) is 6.18. The molecule has 1 aromatic rings. The summed E-state index contributed by atoms with van der Waals surface area (Å²) in [7, 11) is 0. The van der Waals surface area contributed by atoms with Crippen molar-refractivity contribution >= 4 is 11.5 Å². The van der Waals surface area contributed by atoms with Crippen molar-refractivity contribution in [2.45, 2.75) is 19.9 Å². The summed E-state index contributed by atoms with van der Waals surface area (Å²) in [5.74, 6) is 0.853. The summed E-state index contributed by atoms with van der Waals surface area (Å²) in [6.07, 6.45) is 0. The minimum atomic E-state index is -0.377. The van der Waals surface area contributed by atoms with E-state index in [1.165, 1.54) is 0 Å². The van der Waals surface area contributed by atoms with E-state index in [2.05, 4.69) is 26.6 Å². The number of hydrogen-bond acceptors (Lipinski definition) is 6. The lowest BCUT2D eigenvalue weighted by atomic mass is 10.1. The molecule has 120 valence electrons. The van der Waals surface area contributed by atoms with Gasteiger partial charge in [-0.2, -0.15) is 0 Å². The Morgan fingerprint density at radius 3 is 2.50 bits per heavy atom. The van der Waals surface area contributed by atoms with Gasteiger partial charge in [-0.25, -0.2) is 4.98 Å². The number of nitro groups is 1. The third-order valence-electron chi connectivity index (χ3n) is 4.80. The Morgan fingerprint density at radius 2 is 1.95 bits per heavy atom. The average molecular weight is 305 g/mol. The smallest absolute Gasteiger partial charge is 0.290 e. The van der Waals surface area contributed by atoms with Gasteiger partial charge in [0, 0.05) is 51.4 Å². The van der Waals surface area contributed by atoms with Crippen molar-refractivity contribution in [2.24, 2.45) is 0 Å². The molecule has 2 fully saturated rings. The average Bonchev–Trinajstić information content (AvgIpc) is 2.46. The molecule has 0 amide bonds. The molecule has 3 rings (SSSR count). The topological polar surface area (TPSA) is 65.8 Å². The van der Waals surface area contributed by atoms with Crippen molar-refractivity contribution in [1.82, 2.24) is 14.8 Å². The summed E-state index contributed by atoms with van der Waals surface area (Å²) in [5.41, 5.74) is 0.582. The summed E-state index contributed by atoms with van der Waals surface area (Å²) in [5, 5.41) is 10.8. The summed E-state index contributed by atoms with van der Waals surface area (Å²) >= 11 is 0. The fourth-order valence-electron chi connectivity index (χ4n) is 3.23. The Bertz CT molecular complexity index is 551. The van der Waals surface area contributed by atoms with Crippen LogP contribution in [0.25, 0.3) is 0 Å². The molecule has 22 heavy (non-hydrogen) atoms. The summed E-state index contributed by atoms with van der Waals surface area (Å²) in [4.78, 5) is 22.1. The molecule has 0 aromatic carbocycles. The third kappa shape index (κ3) is 2.91. The quantitative estimate of drug-likeness (QED) is 0.613. The van der Waals surface area contributed by atoms with Gasteiger partial charge in [-0.1, -0.05) is 6.92 Å². The van der Waals surface area contributed by atoms with E-state index >= 15 is 0 Å². The predicted molar refractivity (Wildman–Crippen MR) is 85.3 cm³/mol. The molecule has 0 unspecified atom stereocenters. The first kappa shape index (κ1) is 15.2. The molecular weight excluding hydrogens is 282 g/mol. The maximum absolute atomic E-state index is 10.8. The lowest BCUT2D eigenvalue weighted by Gasteiger charge is -2.48. The van der Waals surface area contributed by atoms with E-state index in [4.69, 9.17) is 0 Å². The number of nitrogens with zero attached hydrogens (tertiary/aromatic N) is 5. The lowest BCUT2D eigenvalue weighted by Crippen LogP contribution is -2.63. The van der Waals surface area contributed by atoms with Crippen LogP contribution in [0, 0.1) is 17.0 Å². The Balaban J connectivity index is 1.55. The van der Waals surface area contributed by atoms with Gasteiger partial charge >= 0.3 is 0 Å². The highest BCUT2D eigenvalue weighted by Gasteiger charge is 2.34. The Labute approximate surface area is 130 Å². The van der Waals surface area contributed by atoms with Gasteiger partial charge in [0.2, 0.25) is 0 Å². The first-order valence-electron chi connectivity index (χ1n) is 7.92. The van der Waals surface area contributed by atoms with Gasteiger partial charge in [-0.05, 0) is 19.5 Å². The Morgan fingerprint density at radius 1 is 1.27 bits per heavy atom. The van der Waals surface area contributed by atoms with Gasteiger partial charge in [0.15, 0.2) is 0 Å². The normalized spacial score (nSPS) is 20.9. The number of aromatic nitrogens is 1. The Kier molecular flexibility index (Phi) is 4.26. The number of likely N-dealkylation sites (N-methyl/N-ethyl adjacent to an activating group) is 1. The third-order valence-corrected chi connectivity index (χ3v) is 4.80. The molecule has 0 spiro atoms. The molecule has 2 aliphatic rings. The van der Waals surface area contributed by atoms with Gasteiger partial charge in [0.1, 0.15) is 11.5 Å². The highest BCUT2D eigenvalue weighted by Crippen LogP contribution is 2.26. The van der Waals surface area contributed by atoms with Crippen LogP contribution in [-0.4, -0.2) is 71.6 Å². The molecule has 7 heteroatoms. The van der Waals surface area contributed by atoms with Crippen LogP contribution in [0.5, 0.6) is 0 Å². The lowest BCUT2D eigenvalue weighted by molar-refractivity contribution is -0.385. The van der Waals surface area contributed by atoms with Crippen molar-refractivity contribution in [3.63, 3.8) is 0 Å². The van der Waals surface area contributed by atoms with E-state index in [-0.39, 0.29) is 10.6 Å². The van der Waals surface area contributed by atoms with Gasteiger partial charge in [-0.15, -0.1) is 0 Å². The molecule has 1 aromatic heterocycles. The molecule has 0 N–H and O–H groups in total. The molecule has 0 bridgehead atoms. The van der Waals surface area contributed by atoms with Crippen LogP contribution in [0.2, 0.25) is 0 Å².